The molecule has 0 saturated carbocycles. The number of oxime groups is 1. The molecular weight excluding hydrogens is 246 g/mol. The molecule has 1 unspecified atom stereocenters. The Morgan fingerprint density at radius 3 is 2.88 bits per heavy atom. The second-order valence-electron chi connectivity index (χ2n) is 3.86. The largest absolute Gasteiger partial charge is 0.466 e. The van der Waals surface area contributed by atoms with Gasteiger partial charge in [-0.15, -0.1) is 23.5 Å². The molecule has 0 bridgehead atoms. The highest BCUT2D eigenvalue weighted by Crippen LogP contribution is 2.45. The zero-order valence-electron chi connectivity index (χ0n) is 9.39. The van der Waals surface area contributed by atoms with E-state index in [1.165, 1.54) is 13.5 Å². The maximum absolute atomic E-state index is 11.3. The smallest absolute Gasteiger partial charge is 0.350 e. The van der Waals surface area contributed by atoms with Crippen LogP contribution in [0.3, 0.4) is 0 Å². The Bertz CT molecular complexity index is 313. The Morgan fingerprint density at radius 1 is 1.56 bits per heavy atom. The number of nitrogens with zero attached hydrogens (tertiary/aromatic N) is 1. The van der Waals surface area contributed by atoms with E-state index in [1.807, 2.05) is 23.5 Å². The van der Waals surface area contributed by atoms with Crippen LogP contribution in [0.15, 0.2) is 5.16 Å². The third-order valence-electron chi connectivity index (χ3n) is 2.70. The topological polar surface area (TPSA) is 47.9 Å². The van der Waals surface area contributed by atoms with Gasteiger partial charge >= 0.3 is 5.97 Å². The standard InChI is InChI=1S/C10H15NO3S2/c1-10(15-4-3-5-16-10)8-6-7(14-11-8)9(12)13-2/h7H,3-6H2,1-2H3. The third kappa shape index (κ3) is 2.32. The number of methoxy groups -OCH3 is 1. The molecule has 1 saturated heterocycles. The summed E-state index contributed by atoms with van der Waals surface area (Å²) in [6.45, 7) is 2.16. The van der Waals surface area contributed by atoms with Crippen molar-refractivity contribution in [2.75, 3.05) is 18.6 Å². The number of rotatable bonds is 2. The molecule has 0 aromatic heterocycles. The summed E-state index contributed by atoms with van der Waals surface area (Å²) in [7, 11) is 1.37. The normalized spacial score (nSPS) is 28.1. The fourth-order valence-corrected chi connectivity index (χ4v) is 4.65. The molecule has 0 spiro atoms. The molecule has 0 aromatic carbocycles. The molecule has 0 aliphatic carbocycles. The molecule has 2 heterocycles. The van der Waals surface area contributed by atoms with Crippen LogP contribution in [0.25, 0.3) is 0 Å². The van der Waals surface area contributed by atoms with Crippen LogP contribution in [0.5, 0.6) is 0 Å². The number of carbonyl (C=O) groups is 1. The number of carbonyl (C=O) groups excluding carboxylic acids is 1. The highest BCUT2D eigenvalue weighted by Gasteiger charge is 2.41. The first-order chi connectivity index (χ1) is 7.65. The van der Waals surface area contributed by atoms with Crippen LogP contribution in [-0.2, 0) is 14.4 Å². The van der Waals surface area contributed by atoms with Gasteiger partial charge in [0.15, 0.2) is 0 Å². The molecule has 16 heavy (non-hydrogen) atoms. The van der Waals surface area contributed by atoms with Gasteiger partial charge in [-0.2, -0.15) is 0 Å². The molecular formula is C10H15NO3S2. The first-order valence-electron chi connectivity index (χ1n) is 5.24. The maximum Gasteiger partial charge on any atom is 0.350 e. The lowest BCUT2D eigenvalue weighted by Crippen LogP contribution is -2.32. The number of ether oxygens (including phenoxy) is 1. The van der Waals surface area contributed by atoms with E-state index in [4.69, 9.17) is 4.84 Å². The maximum atomic E-state index is 11.3. The predicted molar refractivity (Wildman–Crippen MR) is 66.9 cm³/mol. The summed E-state index contributed by atoms with van der Waals surface area (Å²) in [4.78, 5) is 16.4. The Morgan fingerprint density at radius 2 is 2.25 bits per heavy atom. The molecule has 0 radical (unpaired) electrons. The van der Waals surface area contributed by atoms with Crippen molar-refractivity contribution in [1.82, 2.24) is 0 Å². The van der Waals surface area contributed by atoms with E-state index in [-0.39, 0.29) is 10.0 Å². The zero-order valence-corrected chi connectivity index (χ0v) is 11.0. The van der Waals surface area contributed by atoms with Crippen LogP contribution in [0.4, 0.5) is 0 Å². The highest BCUT2D eigenvalue weighted by atomic mass is 32.2. The van der Waals surface area contributed by atoms with Crippen molar-refractivity contribution in [3.63, 3.8) is 0 Å². The van der Waals surface area contributed by atoms with E-state index in [2.05, 4.69) is 16.8 Å². The van der Waals surface area contributed by atoms with Gasteiger partial charge in [0.1, 0.15) is 0 Å². The van der Waals surface area contributed by atoms with Crippen molar-refractivity contribution < 1.29 is 14.4 Å². The molecule has 0 amide bonds. The van der Waals surface area contributed by atoms with E-state index >= 15 is 0 Å². The summed E-state index contributed by atoms with van der Waals surface area (Å²) in [6.07, 6.45) is 1.25. The van der Waals surface area contributed by atoms with Gasteiger partial charge in [0.25, 0.3) is 0 Å². The second-order valence-corrected chi connectivity index (χ2v) is 7.14. The fraction of sp³-hybridized carbons (Fsp3) is 0.800. The predicted octanol–water partition coefficient (Wildman–Crippen LogP) is 1.89. The van der Waals surface area contributed by atoms with Crippen molar-refractivity contribution in [3.8, 4) is 0 Å². The molecule has 2 aliphatic rings. The van der Waals surface area contributed by atoms with E-state index < -0.39 is 6.10 Å². The van der Waals surface area contributed by atoms with E-state index in [0.29, 0.717) is 6.42 Å². The fourth-order valence-electron chi connectivity index (χ4n) is 1.70. The van der Waals surface area contributed by atoms with E-state index in [0.717, 1.165) is 17.2 Å². The molecule has 0 aromatic rings. The van der Waals surface area contributed by atoms with Crippen LogP contribution in [0.2, 0.25) is 0 Å². The van der Waals surface area contributed by atoms with Gasteiger partial charge < -0.3 is 9.57 Å². The number of hydrogen-bond donors (Lipinski definition) is 0. The summed E-state index contributed by atoms with van der Waals surface area (Å²) in [6, 6.07) is 0. The van der Waals surface area contributed by atoms with Crippen molar-refractivity contribution in [2.24, 2.45) is 5.16 Å². The average molecular weight is 261 g/mol. The van der Waals surface area contributed by atoms with Gasteiger partial charge in [-0.25, -0.2) is 4.79 Å². The number of esters is 1. The van der Waals surface area contributed by atoms with E-state index in [1.54, 1.807) is 0 Å². The number of hydrogen-bond acceptors (Lipinski definition) is 6. The quantitative estimate of drug-likeness (QED) is 0.710. The van der Waals surface area contributed by atoms with Crippen LogP contribution in [-0.4, -0.2) is 40.5 Å². The monoisotopic (exact) mass is 261 g/mol. The minimum atomic E-state index is -0.542. The summed E-state index contributed by atoms with van der Waals surface area (Å²) in [5, 5.41) is 4.06. The molecule has 1 atom stereocenters. The summed E-state index contributed by atoms with van der Waals surface area (Å²) < 4.78 is 4.63. The van der Waals surface area contributed by atoms with Gasteiger partial charge in [0.2, 0.25) is 6.10 Å². The lowest BCUT2D eigenvalue weighted by atomic mass is 10.1. The minimum Gasteiger partial charge on any atom is -0.466 e. The molecule has 1 fully saturated rings. The highest BCUT2D eigenvalue weighted by molar-refractivity contribution is 8.19. The van der Waals surface area contributed by atoms with Crippen LogP contribution < -0.4 is 0 Å². The van der Waals surface area contributed by atoms with Crippen LogP contribution in [0, 0.1) is 0 Å². The van der Waals surface area contributed by atoms with Crippen LogP contribution >= 0.6 is 23.5 Å². The molecule has 6 heteroatoms. The second kappa shape index (κ2) is 4.87. The Hall–Kier alpha value is -0.360. The van der Waals surface area contributed by atoms with Gasteiger partial charge in [0, 0.05) is 6.42 Å². The average Bonchev–Trinajstić information content (AvgIpc) is 2.79. The molecule has 2 rings (SSSR count). The van der Waals surface area contributed by atoms with Crippen molar-refractivity contribution >= 4 is 35.2 Å². The first-order valence-corrected chi connectivity index (χ1v) is 7.22. The summed E-state index contributed by atoms with van der Waals surface area (Å²) in [5.74, 6) is 1.95. The van der Waals surface area contributed by atoms with Gasteiger partial charge in [-0.1, -0.05) is 5.16 Å². The molecule has 90 valence electrons. The van der Waals surface area contributed by atoms with Crippen molar-refractivity contribution in [2.45, 2.75) is 29.9 Å². The molecule has 0 N–H and O–H groups in total. The minimum absolute atomic E-state index is 0.0268. The van der Waals surface area contributed by atoms with E-state index in [9.17, 15) is 4.79 Å². The molecule has 4 nitrogen and oxygen atoms in total. The third-order valence-corrected chi connectivity index (χ3v) is 5.97. The summed E-state index contributed by atoms with van der Waals surface area (Å²) in [5.41, 5.74) is 0.970. The van der Waals surface area contributed by atoms with Crippen molar-refractivity contribution in [3.05, 3.63) is 0 Å². The lowest BCUT2D eigenvalue weighted by Gasteiger charge is -2.31. The first kappa shape index (κ1) is 12.1. The van der Waals surface area contributed by atoms with Gasteiger partial charge in [0.05, 0.1) is 16.9 Å². The lowest BCUT2D eigenvalue weighted by molar-refractivity contribution is -0.152. The zero-order chi connectivity index (χ0) is 11.6. The number of thioether (sulfide) groups is 2. The SMILES string of the molecule is COC(=O)C1CC(C2(C)SCCCS2)=NO1. The Kier molecular flexibility index (Phi) is 3.69. The van der Waals surface area contributed by atoms with Gasteiger partial charge in [-0.05, 0) is 24.9 Å². The molecule has 2 aliphatic heterocycles. The van der Waals surface area contributed by atoms with Crippen LogP contribution in [0.1, 0.15) is 19.8 Å². The van der Waals surface area contributed by atoms with Crippen molar-refractivity contribution in [1.29, 1.82) is 0 Å². The Balaban J connectivity index is 1.99. The van der Waals surface area contributed by atoms with Gasteiger partial charge in [-0.3, -0.25) is 0 Å². The summed E-state index contributed by atoms with van der Waals surface area (Å²) >= 11 is 3.77. The Labute approximate surface area is 103 Å².